The first kappa shape index (κ1) is 15.6. The Balaban J connectivity index is 1.87. The smallest absolute Gasteiger partial charge is 0.156 e. The minimum absolute atomic E-state index is 0.103. The maximum absolute atomic E-state index is 10.2. The van der Waals surface area contributed by atoms with Gasteiger partial charge in [0.1, 0.15) is 0 Å². The Morgan fingerprint density at radius 1 is 1.04 bits per heavy atom. The van der Waals surface area contributed by atoms with Gasteiger partial charge in [0.25, 0.3) is 0 Å². The highest BCUT2D eigenvalue weighted by atomic mass is 16.5. The number of rotatable bonds is 1. The molecular formula is C20H23N3O. The number of nitrogens with zero attached hydrogens (tertiary/aromatic N) is 3. The molecule has 3 fully saturated rings. The fourth-order valence-corrected chi connectivity index (χ4v) is 5.38. The first-order chi connectivity index (χ1) is 11.8. The van der Waals surface area contributed by atoms with Crippen molar-refractivity contribution in [3.05, 3.63) is 35.9 Å². The highest BCUT2D eigenvalue weighted by Gasteiger charge is 2.60. The highest BCUT2D eigenvalue weighted by molar-refractivity contribution is 5.37. The van der Waals surface area contributed by atoms with Crippen molar-refractivity contribution in [2.75, 3.05) is 19.8 Å². The van der Waals surface area contributed by atoms with Crippen molar-refractivity contribution in [1.82, 2.24) is 4.90 Å². The van der Waals surface area contributed by atoms with Crippen molar-refractivity contribution in [3.63, 3.8) is 0 Å². The zero-order valence-corrected chi connectivity index (χ0v) is 13.9. The van der Waals surface area contributed by atoms with Crippen LogP contribution >= 0.6 is 0 Å². The summed E-state index contributed by atoms with van der Waals surface area (Å²) >= 11 is 0. The monoisotopic (exact) mass is 321 g/mol. The van der Waals surface area contributed by atoms with E-state index in [-0.39, 0.29) is 17.9 Å². The normalized spacial score (nSPS) is 35.1. The van der Waals surface area contributed by atoms with Gasteiger partial charge in [-0.05, 0) is 18.4 Å². The minimum atomic E-state index is -0.950. The molecule has 1 aromatic rings. The van der Waals surface area contributed by atoms with Crippen LogP contribution in [0, 0.1) is 34.0 Å². The molecule has 0 N–H and O–H groups in total. The first-order valence-corrected chi connectivity index (χ1v) is 9.03. The molecule has 124 valence electrons. The van der Waals surface area contributed by atoms with Crippen molar-refractivity contribution in [2.45, 2.75) is 43.7 Å². The van der Waals surface area contributed by atoms with Crippen molar-refractivity contribution < 1.29 is 4.74 Å². The SMILES string of the molecule is N#CC1(C#N)C2CCCCC2N2CCOCC2C1c1ccccc1. The van der Waals surface area contributed by atoms with E-state index >= 15 is 0 Å². The molecule has 2 saturated heterocycles. The number of piperidine rings is 1. The number of benzene rings is 1. The molecule has 0 amide bonds. The Kier molecular flexibility index (Phi) is 4.04. The Morgan fingerprint density at radius 3 is 2.54 bits per heavy atom. The van der Waals surface area contributed by atoms with E-state index in [0.717, 1.165) is 38.0 Å². The van der Waals surface area contributed by atoms with Crippen LogP contribution in [0.25, 0.3) is 0 Å². The van der Waals surface area contributed by atoms with Crippen molar-refractivity contribution in [1.29, 1.82) is 10.5 Å². The summed E-state index contributed by atoms with van der Waals surface area (Å²) in [5.41, 5.74) is 0.152. The van der Waals surface area contributed by atoms with E-state index in [1.54, 1.807) is 0 Å². The zero-order valence-electron chi connectivity index (χ0n) is 13.9. The quantitative estimate of drug-likeness (QED) is 0.797. The second kappa shape index (κ2) is 6.20. The standard InChI is InChI=1S/C20H23N3O/c21-13-20(14-22)16-8-4-5-9-17(16)23-10-11-24-12-18(23)19(20)15-6-2-1-3-7-15/h1-3,6-7,16-19H,4-5,8-12H2. The Labute approximate surface area is 143 Å². The second-order valence-electron chi connectivity index (χ2n) is 7.32. The Morgan fingerprint density at radius 2 is 1.79 bits per heavy atom. The predicted molar refractivity (Wildman–Crippen MR) is 89.9 cm³/mol. The molecule has 24 heavy (non-hydrogen) atoms. The molecule has 0 aromatic heterocycles. The lowest BCUT2D eigenvalue weighted by Crippen LogP contribution is -2.66. The van der Waals surface area contributed by atoms with Gasteiger partial charge in [-0.1, -0.05) is 43.2 Å². The third-order valence-corrected chi connectivity index (χ3v) is 6.35. The molecular weight excluding hydrogens is 298 g/mol. The van der Waals surface area contributed by atoms with Crippen LogP contribution in [0.5, 0.6) is 0 Å². The molecule has 1 aliphatic carbocycles. The van der Waals surface area contributed by atoms with E-state index in [4.69, 9.17) is 4.74 Å². The van der Waals surface area contributed by atoms with Crippen LogP contribution in [0.1, 0.15) is 37.2 Å². The van der Waals surface area contributed by atoms with E-state index in [9.17, 15) is 10.5 Å². The third kappa shape index (κ3) is 2.18. The summed E-state index contributed by atoms with van der Waals surface area (Å²) in [5, 5.41) is 20.3. The van der Waals surface area contributed by atoms with E-state index in [0.29, 0.717) is 12.6 Å². The van der Waals surface area contributed by atoms with Crippen LogP contribution in [0.4, 0.5) is 0 Å². The van der Waals surface area contributed by atoms with Crippen molar-refractivity contribution >= 4 is 0 Å². The number of hydrogen-bond donors (Lipinski definition) is 0. The largest absolute Gasteiger partial charge is 0.378 e. The van der Waals surface area contributed by atoms with Gasteiger partial charge in [0.15, 0.2) is 5.41 Å². The molecule has 2 aliphatic heterocycles. The lowest BCUT2D eigenvalue weighted by atomic mass is 9.55. The summed E-state index contributed by atoms with van der Waals surface area (Å²) in [6.07, 6.45) is 4.42. The number of ether oxygens (including phenoxy) is 1. The number of hydrogen-bond acceptors (Lipinski definition) is 4. The topological polar surface area (TPSA) is 60.0 Å². The molecule has 4 atom stereocenters. The van der Waals surface area contributed by atoms with Gasteiger partial charge in [-0.25, -0.2) is 0 Å². The summed E-state index contributed by atoms with van der Waals surface area (Å²) in [5.74, 6) is 0.0363. The predicted octanol–water partition coefficient (Wildman–Crippen LogP) is 3.08. The van der Waals surface area contributed by atoms with Crippen LogP contribution in [0.15, 0.2) is 30.3 Å². The van der Waals surface area contributed by atoms with Gasteiger partial charge in [-0.2, -0.15) is 10.5 Å². The van der Waals surface area contributed by atoms with Gasteiger partial charge in [0.05, 0.1) is 25.4 Å². The maximum Gasteiger partial charge on any atom is 0.156 e. The zero-order chi connectivity index (χ0) is 16.6. The fraction of sp³-hybridized carbons (Fsp3) is 0.600. The number of morpholine rings is 1. The molecule has 2 heterocycles. The van der Waals surface area contributed by atoms with Gasteiger partial charge in [0, 0.05) is 30.5 Å². The lowest BCUT2D eigenvalue weighted by Gasteiger charge is -2.58. The average Bonchev–Trinajstić information content (AvgIpc) is 2.67. The van der Waals surface area contributed by atoms with Crippen LogP contribution in [0.2, 0.25) is 0 Å². The van der Waals surface area contributed by atoms with Gasteiger partial charge < -0.3 is 4.74 Å². The molecule has 1 saturated carbocycles. The second-order valence-corrected chi connectivity index (χ2v) is 7.32. The maximum atomic E-state index is 10.2. The Hall–Kier alpha value is -1.88. The first-order valence-electron chi connectivity index (χ1n) is 9.03. The third-order valence-electron chi connectivity index (χ3n) is 6.35. The van der Waals surface area contributed by atoms with Gasteiger partial charge in [-0.15, -0.1) is 0 Å². The Bertz CT molecular complexity index is 660. The van der Waals surface area contributed by atoms with E-state index in [1.165, 1.54) is 6.42 Å². The number of fused-ring (bicyclic) bond motifs is 3. The summed E-state index contributed by atoms with van der Waals surface area (Å²) in [6.45, 7) is 2.29. The van der Waals surface area contributed by atoms with Crippen LogP contribution in [-0.4, -0.2) is 36.7 Å². The molecule has 4 heteroatoms. The van der Waals surface area contributed by atoms with Crippen LogP contribution in [-0.2, 0) is 4.74 Å². The number of nitriles is 2. The summed E-state index contributed by atoms with van der Waals surface area (Å²) < 4.78 is 5.79. The van der Waals surface area contributed by atoms with Crippen molar-refractivity contribution in [2.24, 2.45) is 11.3 Å². The molecule has 4 unspecified atom stereocenters. The highest BCUT2D eigenvalue weighted by Crippen LogP contribution is 2.55. The van der Waals surface area contributed by atoms with Gasteiger partial charge in [0.2, 0.25) is 0 Å². The van der Waals surface area contributed by atoms with E-state index < -0.39 is 5.41 Å². The van der Waals surface area contributed by atoms with Crippen molar-refractivity contribution in [3.8, 4) is 12.1 Å². The van der Waals surface area contributed by atoms with Crippen LogP contribution in [0.3, 0.4) is 0 Å². The molecule has 4 nitrogen and oxygen atoms in total. The molecule has 1 aromatic carbocycles. The summed E-state index contributed by atoms with van der Waals surface area (Å²) in [6, 6.07) is 15.6. The molecule has 0 radical (unpaired) electrons. The van der Waals surface area contributed by atoms with Gasteiger partial charge in [-0.3, -0.25) is 4.90 Å². The van der Waals surface area contributed by atoms with Crippen LogP contribution < -0.4 is 0 Å². The van der Waals surface area contributed by atoms with E-state index in [1.807, 2.05) is 18.2 Å². The molecule has 0 spiro atoms. The summed E-state index contributed by atoms with van der Waals surface area (Å²) in [7, 11) is 0. The average molecular weight is 321 g/mol. The van der Waals surface area contributed by atoms with E-state index in [2.05, 4.69) is 29.2 Å². The fourth-order valence-electron chi connectivity index (χ4n) is 5.38. The molecule has 0 bridgehead atoms. The lowest BCUT2D eigenvalue weighted by molar-refractivity contribution is -0.114. The summed E-state index contributed by atoms with van der Waals surface area (Å²) in [4.78, 5) is 2.57. The van der Waals surface area contributed by atoms with Gasteiger partial charge >= 0.3 is 0 Å². The minimum Gasteiger partial charge on any atom is -0.378 e. The molecule has 4 rings (SSSR count). The molecule has 3 aliphatic rings.